The molecule has 0 bridgehead atoms. The zero-order valence-corrected chi connectivity index (χ0v) is 10.8. The van der Waals surface area contributed by atoms with E-state index in [2.05, 4.69) is 24.9 Å². The summed E-state index contributed by atoms with van der Waals surface area (Å²) in [7, 11) is 0. The molecule has 0 saturated heterocycles. The minimum atomic E-state index is -0.458. The Kier molecular flexibility index (Phi) is 9.09. The molecule has 2 amide bonds. The van der Waals surface area contributed by atoms with Crippen molar-refractivity contribution >= 4 is 24.4 Å². The fourth-order valence-electron chi connectivity index (χ4n) is 1.39. The van der Waals surface area contributed by atoms with Crippen molar-refractivity contribution in [3.8, 4) is 0 Å². The molecular formula is C11H22N2O2S. The number of amides is 2. The lowest BCUT2D eigenvalue weighted by molar-refractivity contribution is -0.121. The Morgan fingerprint density at radius 1 is 1.25 bits per heavy atom. The van der Waals surface area contributed by atoms with Crippen LogP contribution in [0.1, 0.15) is 51.9 Å². The first-order valence-electron chi connectivity index (χ1n) is 5.82. The quantitative estimate of drug-likeness (QED) is 0.328. The third kappa shape index (κ3) is 9.83. The molecule has 0 unspecified atom stereocenters. The molecular weight excluding hydrogens is 224 g/mol. The number of primary amides is 1. The van der Waals surface area contributed by atoms with Gasteiger partial charge in [0.1, 0.15) is 0 Å². The largest absolute Gasteiger partial charge is 0.370 e. The van der Waals surface area contributed by atoms with Crippen LogP contribution in [0.4, 0.5) is 0 Å². The molecule has 0 aliphatic heterocycles. The summed E-state index contributed by atoms with van der Waals surface area (Å²) < 4.78 is 0. The number of unbranched alkanes of at least 4 members (excludes halogenated alkanes) is 4. The van der Waals surface area contributed by atoms with Crippen LogP contribution in [0.5, 0.6) is 0 Å². The molecule has 0 aliphatic rings. The molecule has 3 N–H and O–H groups in total. The lowest BCUT2D eigenvalue weighted by Crippen LogP contribution is -2.33. The van der Waals surface area contributed by atoms with Gasteiger partial charge in [-0.25, -0.2) is 0 Å². The first-order valence-corrected chi connectivity index (χ1v) is 6.33. The summed E-state index contributed by atoms with van der Waals surface area (Å²) in [5.74, 6) is -0.513. The van der Waals surface area contributed by atoms with Crippen LogP contribution in [-0.4, -0.2) is 17.2 Å². The van der Waals surface area contributed by atoms with E-state index in [0.29, 0.717) is 6.42 Å². The number of carbonyl (C=O) groups excluding carboxylic acids is 2. The predicted molar refractivity (Wildman–Crippen MR) is 68.1 cm³/mol. The van der Waals surface area contributed by atoms with Gasteiger partial charge < -0.3 is 11.1 Å². The summed E-state index contributed by atoms with van der Waals surface area (Å²) in [6, 6.07) is 0. The Morgan fingerprint density at radius 3 is 2.44 bits per heavy atom. The van der Waals surface area contributed by atoms with Gasteiger partial charge >= 0.3 is 0 Å². The van der Waals surface area contributed by atoms with Crippen LogP contribution in [0.2, 0.25) is 0 Å². The zero-order chi connectivity index (χ0) is 12.4. The molecule has 0 aromatic rings. The minimum absolute atomic E-state index is 0.0576. The van der Waals surface area contributed by atoms with Gasteiger partial charge in [0.2, 0.25) is 11.8 Å². The van der Waals surface area contributed by atoms with E-state index >= 15 is 0 Å². The van der Waals surface area contributed by atoms with Crippen molar-refractivity contribution in [2.24, 2.45) is 5.73 Å². The monoisotopic (exact) mass is 246 g/mol. The number of hydrogen-bond acceptors (Lipinski definition) is 3. The fourth-order valence-corrected chi connectivity index (χ4v) is 1.71. The molecule has 0 aromatic heterocycles. The van der Waals surface area contributed by atoms with E-state index in [9.17, 15) is 9.59 Å². The first-order chi connectivity index (χ1) is 7.56. The summed E-state index contributed by atoms with van der Waals surface area (Å²) >= 11 is 4.05. The molecule has 4 nitrogen and oxygen atoms in total. The highest BCUT2D eigenvalue weighted by molar-refractivity contribution is 7.80. The number of carbonyl (C=O) groups is 2. The maximum absolute atomic E-state index is 11.4. The Balaban J connectivity index is 3.47. The van der Waals surface area contributed by atoms with Crippen LogP contribution in [0.25, 0.3) is 0 Å². The third-order valence-corrected chi connectivity index (χ3v) is 2.54. The maximum Gasteiger partial charge on any atom is 0.220 e. The zero-order valence-electron chi connectivity index (χ0n) is 9.87. The van der Waals surface area contributed by atoms with Crippen molar-refractivity contribution in [3.63, 3.8) is 0 Å². The van der Waals surface area contributed by atoms with Gasteiger partial charge in [-0.2, -0.15) is 12.6 Å². The van der Waals surface area contributed by atoms with E-state index < -0.39 is 11.3 Å². The van der Waals surface area contributed by atoms with Gasteiger partial charge in [0.05, 0.1) is 11.8 Å². The van der Waals surface area contributed by atoms with Crippen molar-refractivity contribution in [1.29, 1.82) is 0 Å². The van der Waals surface area contributed by atoms with Crippen LogP contribution in [0.15, 0.2) is 0 Å². The smallest absolute Gasteiger partial charge is 0.220 e. The number of nitrogens with one attached hydrogen (secondary N) is 1. The van der Waals surface area contributed by atoms with Gasteiger partial charge in [0.15, 0.2) is 0 Å². The molecule has 94 valence electrons. The van der Waals surface area contributed by atoms with Crippen molar-refractivity contribution in [1.82, 2.24) is 5.32 Å². The summed E-state index contributed by atoms with van der Waals surface area (Å²) in [5.41, 5.74) is 4.98. The number of hydrogen-bond donors (Lipinski definition) is 3. The van der Waals surface area contributed by atoms with Gasteiger partial charge in [0.25, 0.3) is 0 Å². The second kappa shape index (κ2) is 9.51. The minimum Gasteiger partial charge on any atom is -0.370 e. The highest BCUT2D eigenvalue weighted by Crippen LogP contribution is 2.05. The lowest BCUT2D eigenvalue weighted by Gasteiger charge is -2.10. The average Bonchev–Trinajstić information content (AvgIpc) is 2.15. The normalized spacial score (nSPS) is 12.1. The van der Waals surface area contributed by atoms with Gasteiger partial charge in [0, 0.05) is 6.42 Å². The molecule has 0 aliphatic carbocycles. The molecule has 0 rings (SSSR count). The van der Waals surface area contributed by atoms with Crippen LogP contribution >= 0.6 is 12.6 Å². The van der Waals surface area contributed by atoms with Crippen LogP contribution in [-0.2, 0) is 9.59 Å². The number of thiol groups is 1. The molecule has 0 aromatic carbocycles. The summed E-state index contributed by atoms with van der Waals surface area (Å²) in [4.78, 5) is 21.9. The van der Waals surface area contributed by atoms with Gasteiger partial charge in [-0.1, -0.05) is 32.6 Å². The Labute approximate surface area is 103 Å². The van der Waals surface area contributed by atoms with Crippen molar-refractivity contribution < 1.29 is 9.59 Å². The predicted octanol–water partition coefficient (Wildman–Crippen LogP) is 1.59. The molecule has 5 heteroatoms. The van der Waals surface area contributed by atoms with E-state index in [-0.39, 0.29) is 12.3 Å². The summed E-state index contributed by atoms with van der Waals surface area (Å²) in [6.07, 6.45) is 6.14. The second-order valence-corrected chi connectivity index (χ2v) is 4.54. The molecule has 16 heavy (non-hydrogen) atoms. The van der Waals surface area contributed by atoms with Crippen molar-refractivity contribution in [2.45, 2.75) is 57.2 Å². The van der Waals surface area contributed by atoms with Crippen molar-refractivity contribution in [3.05, 3.63) is 0 Å². The van der Waals surface area contributed by atoms with Gasteiger partial charge in [-0.3, -0.25) is 9.59 Å². The fraction of sp³-hybridized carbons (Fsp3) is 0.818. The summed E-state index contributed by atoms with van der Waals surface area (Å²) in [5, 5.41) is 2.17. The molecule has 1 atom stereocenters. The molecule has 0 fully saturated rings. The van der Waals surface area contributed by atoms with E-state index in [1.165, 1.54) is 19.3 Å². The highest BCUT2D eigenvalue weighted by atomic mass is 32.1. The van der Waals surface area contributed by atoms with Crippen LogP contribution in [0.3, 0.4) is 0 Å². The molecule has 0 radical (unpaired) electrons. The Morgan fingerprint density at radius 2 is 1.88 bits per heavy atom. The van der Waals surface area contributed by atoms with Crippen LogP contribution in [0, 0.1) is 0 Å². The van der Waals surface area contributed by atoms with Crippen molar-refractivity contribution in [2.75, 3.05) is 0 Å². The Hall–Kier alpha value is -0.710. The lowest BCUT2D eigenvalue weighted by atomic mass is 10.1. The standard InChI is InChI=1S/C11H22N2O2S/c1-2-3-4-5-6-7-10(15)13-11(16)8-9(12)14/h11,16H,2-8H2,1H3,(H2,12,14)(H,13,15)/t11-/m0/s1. The summed E-state index contributed by atoms with van der Waals surface area (Å²) in [6.45, 7) is 2.15. The van der Waals surface area contributed by atoms with Crippen LogP contribution < -0.4 is 11.1 Å². The third-order valence-electron chi connectivity index (χ3n) is 2.23. The number of nitrogens with two attached hydrogens (primary N) is 1. The molecule has 0 spiro atoms. The second-order valence-electron chi connectivity index (χ2n) is 3.92. The maximum atomic E-state index is 11.4. The van der Waals surface area contributed by atoms with E-state index in [0.717, 1.165) is 12.8 Å². The SMILES string of the molecule is CCCCCCCC(=O)N[C@@H](S)CC(N)=O. The first kappa shape index (κ1) is 15.3. The highest BCUT2D eigenvalue weighted by Gasteiger charge is 2.09. The van der Waals surface area contributed by atoms with E-state index in [1.54, 1.807) is 0 Å². The van der Waals surface area contributed by atoms with Gasteiger partial charge in [-0.05, 0) is 6.42 Å². The molecule has 0 heterocycles. The molecule has 0 saturated carbocycles. The van der Waals surface area contributed by atoms with E-state index in [1.807, 2.05) is 0 Å². The number of rotatable bonds is 9. The van der Waals surface area contributed by atoms with Gasteiger partial charge in [-0.15, -0.1) is 0 Å². The Bertz CT molecular complexity index is 222. The van der Waals surface area contributed by atoms with E-state index in [4.69, 9.17) is 5.73 Å². The topological polar surface area (TPSA) is 72.2 Å². The average molecular weight is 246 g/mol.